The van der Waals surface area contributed by atoms with Gasteiger partial charge in [-0.05, 0) is 50.2 Å². The molecule has 2 N–H and O–H groups in total. The number of amides is 2. The number of nitrogens with zero attached hydrogens (tertiary/aromatic N) is 2. The van der Waals surface area contributed by atoms with Crippen LogP contribution in [0.25, 0.3) is 0 Å². The Labute approximate surface area is 169 Å². The van der Waals surface area contributed by atoms with Gasteiger partial charge in [0.15, 0.2) is 0 Å². The van der Waals surface area contributed by atoms with Crippen LogP contribution in [0.5, 0.6) is 0 Å². The molecular weight excluding hydrogens is 375 g/mol. The molecule has 0 bridgehead atoms. The molecule has 1 fully saturated rings. The minimum atomic E-state index is -0.653. The van der Waals surface area contributed by atoms with Crippen molar-refractivity contribution in [2.24, 2.45) is 0 Å². The average Bonchev–Trinajstić information content (AvgIpc) is 3.23. The fraction of sp³-hybridized carbons (Fsp3) is 0.429. The number of benzene rings is 1. The van der Waals surface area contributed by atoms with Crippen LogP contribution in [-0.4, -0.2) is 55.5 Å². The van der Waals surface area contributed by atoms with E-state index in [2.05, 4.69) is 20.4 Å². The number of carbonyl (C=O) groups is 2. The van der Waals surface area contributed by atoms with E-state index in [9.17, 15) is 14.0 Å². The highest BCUT2D eigenvalue weighted by molar-refractivity contribution is 6.35. The monoisotopic (exact) mass is 402 g/mol. The molecule has 1 aliphatic heterocycles. The molecule has 3 rings (SSSR count). The number of hydrogen-bond donors (Lipinski definition) is 2. The molecule has 2 amide bonds. The minimum Gasteiger partial charge on any atom is -0.468 e. The summed E-state index contributed by atoms with van der Waals surface area (Å²) in [5, 5.41) is 5.30. The van der Waals surface area contributed by atoms with Crippen LogP contribution < -0.4 is 15.5 Å². The maximum atomic E-state index is 13.2. The third kappa shape index (κ3) is 5.57. The van der Waals surface area contributed by atoms with E-state index < -0.39 is 11.8 Å². The number of furan rings is 1. The van der Waals surface area contributed by atoms with Crippen LogP contribution in [0.4, 0.5) is 10.1 Å². The van der Waals surface area contributed by atoms with Crippen LogP contribution in [0.2, 0.25) is 0 Å². The van der Waals surface area contributed by atoms with Crippen molar-refractivity contribution in [3.63, 3.8) is 0 Å². The molecule has 1 aromatic heterocycles. The Kier molecular flexibility index (Phi) is 6.87. The van der Waals surface area contributed by atoms with Crippen molar-refractivity contribution in [2.45, 2.75) is 25.9 Å². The van der Waals surface area contributed by atoms with Gasteiger partial charge in [0.05, 0.1) is 12.3 Å². The third-order valence-electron chi connectivity index (χ3n) is 4.90. The van der Waals surface area contributed by atoms with E-state index in [1.54, 1.807) is 32.2 Å². The molecule has 7 nitrogen and oxygen atoms in total. The number of anilines is 1. The maximum Gasteiger partial charge on any atom is 0.309 e. The van der Waals surface area contributed by atoms with E-state index in [1.807, 2.05) is 12.1 Å². The van der Waals surface area contributed by atoms with E-state index in [-0.39, 0.29) is 24.4 Å². The highest BCUT2D eigenvalue weighted by Crippen LogP contribution is 2.24. The zero-order chi connectivity index (χ0) is 20.8. The molecule has 1 atom stereocenters. The Morgan fingerprint density at radius 3 is 2.34 bits per heavy atom. The van der Waals surface area contributed by atoms with Gasteiger partial charge < -0.3 is 20.0 Å². The molecule has 2 heterocycles. The van der Waals surface area contributed by atoms with Gasteiger partial charge >= 0.3 is 11.8 Å². The molecule has 0 radical (unpaired) electrons. The second-order valence-corrected chi connectivity index (χ2v) is 7.37. The predicted octanol–water partition coefficient (Wildman–Crippen LogP) is 1.92. The third-order valence-corrected chi connectivity index (χ3v) is 4.90. The van der Waals surface area contributed by atoms with Gasteiger partial charge in [-0.1, -0.05) is 0 Å². The van der Waals surface area contributed by atoms with Crippen molar-refractivity contribution in [3.8, 4) is 0 Å². The van der Waals surface area contributed by atoms with E-state index in [4.69, 9.17) is 4.42 Å². The topological polar surface area (TPSA) is 77.8 Å². The summed E-state index contributed by atoms with van der Waals surface area (Å²) >= 11 is 0. The van der Waals surface area contributed by atoms with Crippen LogP contribution in [0.1, 0.15) is 25.6 Å². The predicted molar refractivity (Wildman–Crippen MR) is 108 cm³/mol. The van der Waals surface area contributed by atoms with Crippen LogP contribution >= 0.6 is 0 Å². The molecule has 0 spiro atoms. The fourth-order valence-electron chi connectivity index (χ4n) is 3.43. The first-order valence-electron chi connectivity index (χ1n) is 9.80. The van der Waals surface area contributed by atoms with Crippen LogP contribution in [-0.2, 0) is 9.59 Å². The zero-order valence-corrected chi connectivity index (χ0v) is 16.7. The summed E-state index contributed by atoms with van der Waals surface area (Å²) in [4.78, 5) is 28.4. The Morgan fingerprint density at radius 2 is 1.76 bits per heavy atom. The van der Waals surface area contributed by atoms with Crippen molar-refractivity contribution in [2.75, 3.05) is 37.6 Å². The quantitative estimate of drug-likeness (QED) is 0.722. The average molecular weight is 402 g/mol. The van der Waals surface area contributed by atoms with Crippen molar-refractivity contribution in [3.05, 3.63) is 54.2 Å². The number of carbonyl (C=O) groups excluding carboxylic acids is 2. The summed E-state index contributed by atoms with van der Waals surface area (Å²) in [6.45, 7) is 6.91. The van der Waals surface area contributed by atoms with Gasteiger partial charge in [-0.15, -0.1) is 0 Å². The van der Waals surface area contributed by atoms with Crippen LogP contribution in [0, 0.1) is 5.82 Å². The van der Waals surface area contributed by atoms with Crippen LogP contribution in [0.3, 0.4) is 0 Å². The van der Waals surface area contributed by atoms with Crippen molar-refractivity contribution in [1.29, 1.82) is 0 Å². The molecule has 1 aliphatic rings. The molecule has 8 heteroatoms. The standard InChI is InChI=1S/C21H27FN4O3/c1-15(2)24-21(28)20(27)23-14-18(19-4-3-13-29-19)26-11-9-25(10-12-26)17-7-5-16(22)6-8-17/h3-8,13,15,18H,9-12,14H2,1-2H3,(H,23,27)(H,24,28)/t18-/m0/s1. The van der Waals surface area contributed by atoms with Crippen molar-refractivity contribution in [1.82, 2.24) is 15.5 Å². The van der Waals surface area contributed by atoms with E-state index in [1.165, 1.54) is 12.1 Å². The Morgan fingerprint density at radius 1 is 1.07 bits per heavy atom. The first-order chi connectivity index (χ1) is 13.9. The SMILES string of the molecule is CC(C)NC(=O)C(=O)NC[C@@H](c1ccco1)N1CCN(c2ccc(F)cc2)CC1. The molecular formula is C21H27FN4O3. The lowest BCUT2D eigenvalue weighted by Gasteiger charge is -2.39. The van der Waals surface area contributed by atoms with Gasteiger partial charge in [0, 0.05) is 44.5 Å². The van der Waals surface area contributed by atoms with Gasteiger partial charge in [-0.3, -0.25) is 14.5 Å². The maximum absolute atomic E-state index is 13.2. The molecule has 2 aromatic rings. The van der Waals surface area contributed by atoms with Gasteiger partial charge in [0.2, 0.25) is 0 Å². The normalized spacial score (nSPS) is 15.9. The minimum absolute atomic E-state index is 0.103. The lowest BCUT2D eigenvalue weighted by Crippen LogP contribution is -2.51. The fourth-order valence-corrected chi connectivity index (χ4v) is 3.43. The lowest BCUT2D eigenvalue weighted by molar-refractivity contribution is -0.139. The lowest BCUT2D eigenvalue weighted by atomic mass is 10.1. The first kappa shape index (κ1) is 20.9. The van der Waals surface area contributed by atoms with Crippen molar-refractivity contribution >= 4 is 17.5 Å². The summed E-state index contributed by atoms with van der Waals surface area (Å²) in [7, 11) is 0. The summed E-state index contributed by atoms with van der Waals surface area (Å²) < 4.78 is 18.7. The molecule has 29 heavy (non-hydrogen) atoms. The summed E-state index contributed by atoms with van der Waals surface area (Å²) in [6, 6.07) is 9.90. The molecule has 1 saturated heterocycles. The highest BCUT2D eigenvalue weighted by atomic mass is 19.1. The number of nitrogens with one attached hydrogen (secondary N) is 2. The van der Waals surface area contributed by atoms with Gasteiger partial charge in [-0.2, -0.15) is 0 Å². The number of piperazine rings is 1. The second kappa shape index (κ2) is 9.56. The molecule has 0 saturated carbocycles. The smallest absolute Gasteiger partial charge is 0.309 e. The number of hydrogen-bond acceptors (Lipinski definition) is 5. The van der Waals surface area contributed by atoms with Gasteiger partial charge in [-0.25, -0.2) is 4.39 Å². The van der Waals surface area contributed by atoms with Gasteiger partial charge in [0.1, 0.15) is 11.6 Å². The Hall–Kier alpha value is -2.87. The summed E-state index contributed by atoms with van der Waals surface area (Å²) in [6.07, 6.45) is 1.60. The zero-order valence-electron chi connectivity index (χ0n) is 16.7. The summed E-state index contributed by atoms with van der Waals surface area (Å²) in [5.41, 5.74) is 0.985. The van der Waals surface area contributed by atoms with E-state index in [0.29, 0.717) is 0 Å². The molecule has 0 unspecified atom stereocenters. The van der Waals surface area contributed by atoms with E-state index in [0.717, 1.165) is 37.6 Å². The number of rotatable bonds is 6. The largest absolute Gasteiger partial charge is 0.468 e. The Balaban J connectivity index is 1.60. The first-order valence-corrected chi connectivity index (χ1v) is 9.80. The summed E-state index contributed by atoms with van der Waals surface area (Å²) in [5.74, 6) is -0.799. The number of halogens is 1. The highest BCUT2D eigenvalue weighted by Gasteiger charge is 2.28. The molecule has 0 aliphatic carbocycles. The molecule has 1 aromatic carbocycles. The van der Waals surface area contributed by atoms with Gasteiger partial charge in [0.25, 0.3) is 0 Å². The van der Waals surface area contributed by atoms with E-state index >= 15 is 0 Å². The van der Waals surface area contributed by atoms with Crippen LogP contribution in [0.15, 0.2) is 47.1 Å². The second-order valence-electron chi connectivity index (χ2n) is 7.37. The Bertz CT molecular complexity index is 800. The molecule has 156 valence electrons. The van der Waals surface area contributed by atoms with Crippen molar-refractivity contribution < 1.29 is 18.4 Å².